The Morgan fingerprint density at radius 2 is 1.83 bits per heavy atom. The zero-order chi connectivity index (χ0) is 13.0. The number of anilines is 1. The van der Waals surface area contributed by atoms with Crippen molar-refractivity contribution in [1.29, 1.82) is 0 Å². The molecule has 0 atom stereocenters. The fourth-order valence-corrected chi connectivity index (χ4v) is 1.39. The van der Waals surface area contributed by atoms with Crippen LogP contribution >= 0.6 is 0 Å². The van der Waals surface area contributed by atoms with Gasteiger partial charge < -0.3 is 5.32 Å². The van der Waals surface area contributed by atoms with Crippen molar-refractivity contribution in [1.82, 2.24) is 9.97 Å². The summed E-state index contributed by atoms with van der Waals surface area (Å²) in [6, 6.07) is 6.84. The lowest BCUT2D eigenvalue weighted by Crippen LogP contribution is -2.21. The first-order chi connectivity index (χ1) is 8.54. The highest BCUT2D eigenvalue weighted by Gasteiger charge is 2.26. The number of nitrogens with one attached hydrogen (secondary N) is 1. The molecule has 0 aliphatic carbocycles. The Morgan fingerprint density at radius 3 is 2.39 bits per heavy atom. The number of rotatable bonds is 3. The van der Waals surface area contributed by atoms with Crippen LogP contribution in [-0.4, -0.2) is 22.7 Å². The number of hydrogen-bond donors (Lipinski definition) is 1. The van der Waals surface area contributed by atoms with Crippen LogP contribution in [0, 0.1) is 0 Å². The number of pyridine rings is 2. The van der Waals surface area contributed by atoms with Crippen molar-refractivity contribution >= 4 is 5.82 Å². The number of nitrogens with zero attached hydrogens (tertiary/aromatic N) is 2. The summed E-state index contributed by atoms with van der Waals surface area (Å²) >= 11 is 0. The van der Waals surface area contributed by atoms with Crippen molar-refractivity contribution in [2.24, 2.45) is 0 Å². The molecule has 2 rings (SSSR count). The minimum atomic E-state index is -4.25. The molecular formula is C12H10F3N3. The normalized spacial score (nSPS) is 11.3. The average molecular weight is 253 g/mol. The van der Waals surface area contributed by atoms with Crippen LogP contribution in [0.5, 0.6) is 0 Å². The van der Waals surface area contributed by atoms with E-state index in [4.69, 9.17) is 0 Å². The lowest BCUT2D eigenvalue weighted by Gasteiger charge is -2.09. The van der Waals surface area contributed by atoms with Gasteiger partial charge in [-0.15, -0.1) is 0 Å². The molecule has 0 amide bonds. The standard InChI is InChI=1S/C12H10F3N3/c13-12(14,15)8-18-11-4-3-10(7-17-11)9-2-1-5-16-6-9/h1-7H,8H2,(H,17,18). The van der Waals surface area contributed by atoms with Gasteiger partial charge in [0.25, 0.3) is 0 Å². The zero-order valence-corrected chi connectivity index (χ0v) is 9.28. The van der Waals surface area contributed by atoms with E-state index in [1.165, 1.54) is 12.3 Å². The molecule has 2 aromatic heterocycles. The highest BCUT2D eigenvalue weighted by Crippen LogP contribution is 2.19. The van der Waals surface area contributed by atoms with Gasteiger partial charge >= 0.3 is 6.18 Å². The smallest absolute Gasteiger partial charge is 0.361 e. The Labute approximate surface area is 102 Å². The van der Waals surface area contributed by atoms with Gasteiger partial charge in [0, 0.05) is 29.7 Å². The Balaban J connectivity index is 2.07. The third kappa shape index (κ3) is 3.44. The number of alkyl halides is 3. The van der Waals surface area contributed by atoms with Gasteiger partial charge in [0.15, 0.2) is 0 Å². The maximum atomic E-state index is 12.0. The molecule has 2 aromatic rings. The molecule has 1 N–H and O–H groups in total. The molecule has 94 valence electrons. The van der Waals surface area contributed by atoms with Crippen molar-refractivity contribution in [3.05, 3.63) is 42.9 Å². The summed E-state index contributed by atoms with van der Waals surface area (Å²) in [6.45, 7) is -1.09. The largest absolute Gasteiger partial charge is 0.405 e. The topological polar surface area (TPSA) is 37.8 Å². The predicted molar refractivity (Wildman–Crippen MR) is 62.0 cm³/mol. The Morgan fingerprint density at radius 1 is 1.06 bits per heavy atom. The van der Waals surface area contributed by atoms with E-state index in [9.17, 15) is 13.2 Å². The van der Waals surface area contributed by atoms with Gasteiger partial charge in [-0.1, -0.05) is 6.07 Å². The van der Waals surface area contributed by atoms with Crippen molar-refractivity contribution < 1.29 is 13.2 Å². The van der Waals surface area contributed by atoms with Crippen LogP contribution in [-0.2, 0) is 0 Å². The first-order valence-corrected chi connectivity index (χ1v) is 5.22. The first-order valence-electron chi connectivity index (χ1n) is 5.22. The molecule has 0 saturated heterocycles. The van der Waals surface area contributed by atoms with E-state index in [1.807, 2.05) is 6.07 Å². The van der Waals surface area contributed by atoms with Crippen LogP contribution in [0.3, 0.4) is 0 Å². The second kappa shape index (κ2) is 5.03. The van der Waals surface area contributed by atoms with Crippen molar-refractivity contribution in [2.75, 3.05) is 11.9 Å². The molecule has 0 spiro atoms. The number of aromatic nitrogens is 2. The lowest BCUT2D eigenvalue weighted by atomic mass is 10.1. The summed E-state index contributed by atoms with van der Waals surface area (Å²) in [6.07, 6.45) is 0.579. The van der Waals surface area contributed by atoms with E-state index < -0.39 is 12.7 Å². The molecule has 0 radical (unpaired) electrons. The fraction of sp³-hybridized carbons (Fsp3) is 0.167. The minimum Gasteiger partial charge on any atom is -0.361 e. The number of hydrogen-bond acceptors (Lipinski definition) is 3. The summed E-state index contributed by atoms with van der Waals surface area (Å²) in [7, 11) is 0. The van der Waals surface area contributed by atoms with E-state index in [0.717, 1.165) is 11.1 Å². The van der Waals surface area contributed by atoms with Gasteiger partial charge in [-0.3, -0.25) is 4.98 Å². The predicted octanol–water partition coefficient (Wildman–Crippen LogP) is 3.12. The second-order valence-corrected chi connectivity index (χ2v) is 3.64. The van der Waals surface area contributed by atoms with Crippen LogP contribution in [0.25, 0.3) is 11.1 Å². The molecule has 0 aliphatic heterocycles. The molecule has 3 nitrogen and oxygen atoms in total. The van der Waals surface area contributed by atoms with Gasteiger partial charge in [0.2, 0.25) is 0 Å². The van der Waals surface area contributed by atoms with Gasteiger partial charge in [-0.05, 0) is 18.2 Å². The van der Waals surface area contributed by atoms with Crippen LogP contribution in [0.15, 0.2) is 42.9 Å². The van der Waals surface area contributed by atoms with E-state index in [1.54, 1.807) is 24.5 Å². The summed E-state index contributed by atoms with van der Waals surface area (Å²) in [5.74, 6) is 0.194. The highest BCUT2D eigenvalue weighted by atomic mass is 19.4. The molecule has 0 fully saturated rings. The average Bonchev–Trinajstić information content (AvgIpc) is 2.37. The van der Waals surface area contributed by atoms with E-state index in [-0.39, 0.29) is 5.82 Å². The highest BCUT2D eigenvalue weighted by molar-refractivity contribution is 5.62. The van der Waals surface area contributed by atoms with Crippen LogP contribution in [0.4, 0.5) is 19.0 Å². The second-order valence-electron chi connectivity index (χ2n) is 3.64. The molecular weight excluding hydrogens is 243 g/mol. The monoisotopic (exact) mass is 253 g/mol. The van der Waals surface area contributed by atoms with Gasteiger partial charge in [0.05, 0.1) is 0 Å². The Kier molecular flexibility index (Phi) is 3.45. The quantitative estimate of drug-likeness (QED) is 0.913. The maximum absolute atomic E-state index is 12.0. The third-order valence-corrected chi connectivity index (χ3v) is 2.23. The van der Waals surface area contributed by atoms with E-state index >= 15 is 0 Å². The number of halogens is 3. The lowest BCUT2D eigenvalue weighted by molar-refractivity contribution is -0.115. The molecule has 0 bridgehead atoms. The van der Waals surface area contributed by atoms with E-state index in [2.05, 4.69) is 15.3 Å². The molecule has 0 saturated carbocycles. The fourth-order valence-electron chi connectivity index (χ4n) is 1.39. The molecule has 18 heavy (non-hydrogen) atoms. The summed E-state index contributed by atoms with van der Waals surface area (Å²) < 4.78 is 36.0. The molecule has 6 heteroatoms. The van der Waals surface area contributed by atoms with Crippen molar-refractivity contribution in [3.8, 4) is 11.1 Å². The van der Waals surface area contributed by atoms with Crippen LogP contribution < -0.4 is 5.32 Å². The summed E-state index contributed by atoms with van der Waals surface area (Å²) in [5.41, 5.74) is 1.67. The first kappa shape index (κ1) is 12.3. The van der Waals surface area contributed by atoms with Crippen LogP contribution in [0.1, 0.15) is 0 Å². The van der Waals surface area contributed by atoms with Crippen molar-refractivity contribution in [2.45, 2.75) is 6.18 Å². The molecule has 0 aromatic carbocycles. The zero-order valence-electron chi connectivity index (χ0n) is 9.28. The minimum absolute atomic E-state index is 0.194. The maximum Gasteiger partial charge on any atom is 0.405 e. The summed E-state index contributed by atoms with van der Waals surface area (Å²) in [4.78, 5) is 7.88. The molecule has 2 heterocycles. The van der Waals surface area contributed by atoms with Gasteiger partial charge in [-0.2, -0.15) is 13.2 Å². The third-order valence-electron chi connectivity index (χ3n) is 2.23. The summed E-state index contributed by atoms with van der Waals surface area (Å²) in [5, 5.41) is 2.21. The van der Waals surface area contributed by atoms with Crippen molar-refractivity contribution in [3.63, 3.8) is 0 Å². The van der Waals surface area contributed by atoms with E-state index in [0.29, 0.717) is 0 Å². The SMILES string of the molecule is FC(F)(F)CNc1ccc(-c2cccnc2)cn1. The Hall–Kier alpha value is -2.11. The molecule has 0 aliphatic rings. The van der Waals surface area contributed by atoms with Crippen LogP contribution in [0.2, 0.25) is 0 Å². The molecule has 0 unspecified atom stereocenters. The van der Waals surface area contributed by atoms with Gasteiger partial charge in [-0.25, -0.2) is 4.98 Å². The Bertz CT molecular complexity index is 494. The van der Waals surface area contributed by atoms with Gasteiger partial charge in [0.1, 0.15) is 12.4 Å².